The summed E-state index contributed by atoms with van der Waals surface area (Å²) in [6, 6.07) is 0. The van der Waals surface area contributed by atoms with Gasteiger partial charge in [-0.25, -0.2) is 27.0 Å². The van der Waals surface area contributed by atoms with Crippen molar-refractivity contribution in [2.45, 2.75) is 72.4 Å². The first-order chi connectivity index (χ1) is 17.6. The van der Waals surface area contributed by atoms with Crippen LogP contribution in [-0.4, -0.2) is 53.9 Å². The number of allylic oxidation sites excluding steroid dienone is 10. The van der Waals surface area contributed by atoms with E-state index in [0.717, 1.165) is 24.6 Å². The molecule has 0 N–H and O–H groups in total. The molecule has 3 unspecified atom stereocenters. The van der Waals surface area contributed by atoms with Crippen LogP contribution in [-0.2, 0) is 14.8 Å². The maximum atomic E-state index is 14.6. The molecule has 37 heavy (non-hydrogen) atoms. The van der Waals surface area contributed by atoms with Crippen LogP contribution in [0.25, 0.3) is 0 Å². The molecule has 3 aliphatic rings. The lowest BCUT2D eigenvalue weighted by Gasteiger charge is -2.25. The molecule has 0 aromatic heterocycles. The Morgan fingerprint density at radius 3 is 2.57 bits per heavy atom. The number of sulfonamides is 1. The normalized spacial score (nSPS) is 25.3. The molecule has 202 valence electrons. The van der Waals surface area contributed by atoms with Crippen molar-refractivity contribution in [3.63, 3.8) is 0 Å². The Morgan fingerprint density at radius 2 is 1.95 bits per heavy atom. The van der Waals surface area contributed by atoms with Crippen LogP contribution in [0.4, 0.5) is 8.78 Å². The summed E-state index contributed by atoms with van der Waals surface area (Å²) in [4.78, 5) is 18.1. The maximum Gasteiger partial charge on any atom is 0.394 e. The van der Waals surface area contributed by atoms with Crippen LogP contribution in [0.3, 0.4) is 0 Å². The predicted molar refractivity (Wildman–Crippen MR) is 144 cm³/mol. The lowest BCUT2D eigenvalue weighted by Crippen LogP contribution is -2.40. The predicted octanol–water partition coefficient (Wildman–Crippen LogP) is 5.76. The van der Waals surface area contributed by atoms with Crippen LogP contribution in [0.2, 0.25) is 0 Å². The van der Waals surface area contributed by atoms with E-state index in [-0.39, 0.29) is 31.1 Å². The first-order valence-electron chi connectivity index (χ1n) is 13.1. The molecule has 2 heterocycles. The van der Waals surface area contributed by atoms with Gasteiger partial charge in [-0.2, -0.15) is 4.31 Å². The molecule has 0 saturated heterocycles. The third-order valence-electron chi connectivity index (χ3n) is 6.94. The van der Waals surface area contributed by atoms with Crippen LogP contribution in [0.5, 0.6) is 0 Å². The van der Waals surface area contributed by atoms with Gasteiger partial charge in [0.2, 0.25) is 10.0 Å². The van der Waals surface area contributed by atoms with E-state index in [4.69, 9.17) is 4.99 Å². The fraction of sp³-hybridized carbons (Fsp3) is 0.536. The molecular weight excluding hydrogens is 496 g/mol. The lowest BCUT2D eigenvalue weighted by atomic mass is 9.82. The second-order valence-corrected chi connectivity index (χ2v) is 11.7. The van der Waals surface area contributed by atoms with Crippen molar-refractivity contribution in [2.75, 3.05) is 13.1 Å². The zero-order chi connectivity index (χ0) is 27.2. The quantitative estimate of drug-likeness (QED) is 0.335. The highest BCUT2D eigenvalue weighted by molar-refractivity contribution is 7.93. The Balaban J connectivity index is 1.79. The molecule has 3 rings (SSSR count). The van der Waals surface area contributed by atoms with Gasteiger partial charge in [-0.15, -0.1) is 4.58 Å². The fourth-order valence-electron chi connectivity index (χ4n) is 5.09. The summed E-state index contributed by atoms with van der Waals surface area (Å²) in [5.41, 5.74) is 1.30. The van der Waals surface area contributed by atoms with E-state index >= 15 is 0 Å². The number of rotatable bonds is 10. The van der Waals surface area contributed by atoms with E-state index in [2.05, 4.69) is 0 Å². The molecule has 0 fully saturated rings. The first kappa shape index (κ1) is 29.0. The number of fused-ring (bicyclic) bond motifs is 1. The highest BCUT2D eigenvalue weighted by atomic mass is 32.2. The summed E-state index contributed by atoms with van der Waals surface area (Å²) in [5.74, 6) is -1.90. The lowest BCUT2D eigenvalue weighted by molar-refractivity contribution is -0.490. The average Bonchev–Trinajstić information content (AvgIpc) is 3.00. The fourth-order valence-corrected chi connectivity index (χ4v) is 6.87. The summed E-state index contributed by atoms with van der Waals surface area (Å²) in [6.45, 7) is 8.40. The van der Waals surface area contributed by atoms with Crippen molar-refractivity contribution in [2.24, 2.45) is 16.8 Å². The summed E-state index contributed by atoms with van der Waals surface area (Å²) in [5, 5.41) is 0. The molecule has 6 nitrogen and oxygen atoms in total. The van der Waals surface area contributed by atoms with Gasteiger partial charge in [0.25, 0.3) is 6.17 Å². The number of halogens is 2. The smallest absolute Gasteiger partial charge is 0.221 e. The SMILES string of the molecule is CC=C(C/C=C/C1=NC2CC(C3CC=C(F)C=C3F)C=CC(C)=[N+]2C(=O)C1)S(=O)(=O)N(CCC)CCC. The third-order valence-corrected chi connectivity index (χ3v) is 9.05. The van der Waals surface area contributed by atoms with Gasteiger partial charge >= 0.3 is 5.91 Å². The van der Waals surface area contributed by atoms with Crippen LogP contribution < -0.4 is 0 Å². The van der Waals surface area contributed by atoms with Crippen molar-refractivity contribution in [1.29, 1.82) is 0 Å². The van der Waals surface area contributed by atoms with Gasteiger partial charge in [0, 0.05) is 50.9 Å². The van der Waals surface area contributed by atoms with Crippen LogP contribution >= 0.6 is 0 Å². The number of amides is 1. The highest BCUT2D eigenvalue weighted by Gasteiger charge is 2.40. The van der Waals surface area contributed by atoms with E-state index in [1.165, 1.54) is 10.4 Å². The molecule has 0 radical (unpaired) electrons. The van der Waals surface area contributed by atoms with Crippen LogP contribution in [0.15, 0.2) is 64.1 Å². The Hall–Kier alpha value is -2.52. The molecule has 0 saturated carbocycles. The topological polar surface area (TPSA) is 69.8 Å². The Morgan fingerprint density at radius 1 is 1.24 bits per heavy atom. The molecule has 1 aliphatic carbocycles. The minimum absolute atomic E-state index is 0.101. The van der Waals surface area contributed by atoms with Crippen molar-refractivity contribution < 1.29 is 26.6 Å². The van der Waals surface area contributed by atoms with E-state index in [1.807, 2.05) is 32.9 Å². The zero-order valence-corrected chi connectivity index (χ0v) is 23.0. The molecule has 9 heteroatoms. The number of aliphatic imine (C=N–C) groups is 1. The zero-order valence-electron chi connectivity index (χ0n) is 22.2. The van der Waals surface area contributed by atoms with Gasteiger partial charge in [0.15, 0.2) is 5.71 Å². The Bertz CT molecular complexity index is 1200. The summed E-state index contributed by atoms with van der Waals surface area (Å²) >= 11 is 0. The van der Waals surface area contributed by atoms with Gasteiger partial charge in [0.05, 0.1) is 10.6 Å². The molecule has 1 amide bonds. The number of carbonyl (C=O) groups is 1. The van der Waals surface area contributed by atoms with Gasteiger partial charge in [-0.05, 0) is 44.3 Å². The summed E-state index contributed by atoms with van der Waals surface area (Å²) < 4.78 is 57.5. The second kappa shape index (κ2) is 12.8. The number of hydrogen-bond donors (Lipinski definition) is 0. The molecule has 3 atom stereocenters. The highest BCUT2D eigenvalue weighted by Crippen LogP contribution is 2.36. The van der Waals surface area contributed by atoms with Crippen molar-refractivity contribution in [3.8, 4) is 0 Å². The first-order valence-corrected chi connectivity index (χ1v) is 14.5. The molecule has 0 aromatic carbocycles. The Kier molecular flexibility index (Phi) is 10.1. The minimum Gasteiger partial charge on any atom is -0.221 e. The Labute approximate surface area is 219 Å². The third kappa shape index (κ3) is 6.87. The van der Waals surface area contributed by atoms with E-state index < -0.39 is 33.8 Å². The number of hydrogen-bond acceptors (Lipinski definition) is 4. The molecule has 0 spiro atoms. The number of carbonyl (C=O) groups excluding carboxylic acids is 1. The molecule has 2 aliphatic heterocycles. The van der Waals surface area contributed by atoms with E-state index in [1.54, 1.807) is 29.7 Å². The summed E-state index contributed by atoms with van der Waals surface area (Å²) in [6.07, 6.45) is 13.1. The monoisotopic (exact) mass is 534 g/mol. The average molecular weight is 535 g/mol. The van der Waals surface area contributed by atoms with E-state index in [0.29, 0.717) is 30.1 Å². The van der Waals surface area contributed by atoms with Gasteiger partial charge in [-0.3, -0.25) is 0 Å². The van der Waals surface area contributed by atoms with Gasteiger partial charge in [0.1, 0.15) is 18.1 Å². The van der Waals surface area contributed by atoms with Crippen molar-refractivity contribution >= 4 is 27.4 Å². The molecule has 0 bridgehead atoms. The standard InChI is InChI=1S/C28H38F2N3O3S/c1-5-15-32(16-6-2)37(35,36)24(7-3)10-8-9-23-19-28(34)33-20(4)11-12-21(17-27(33)31-23)25-14-13-22(29)18-26(25)30/h7-9,11-13,18,21,25,27H,5-6,10,14-17,19H2,1-4H3/q+1/b9-8+,24-7?. The van der Waals surface area contributed by atoms with Gasteiger partial charge in [-0.1, -0.05) is 32.1 Å². The molecular formula is C28H38F2N3O3S+. The van der Waals surface area contributed by atoms with Crippen molar-refractivity contribution in [1.82, 2.24) is 4.31 Å². The second-order valence-electron chi connectivity index (χ2n) is 9.67. The summed E-state index contributed by atoms with van der Waals surface area (Å²) in [7, 11) is -3.57. The van der Waals surface area contributed by atoms with Gasteiger partial charge < -0.3 is 0 Å². The maximum absolute atomic E-state index is 14.6. The minimum atomic E-state index is -3.57. The van der Waals surface area contributed by atoms with Crippen LogP contribution in [0, 0.1) is 11.8 Å². The largest absolute Gasteiger partial charge is 0.394 e. The van der Waals surface area contributed by atoms with Crippen molar-refractivity contribution in [3.05, 3.63) is 59.1 Å². The molecule has 0 aromatic rings. The van der Waals surface area contributed by atoms with Crippen LogP contribution in [0.1, 0.15) is 66.2 Å². The van der Waals surface area contributed by atoms with E-state index in [9.17, 15) is 22.0 Å². The number of nitrogens with zero attached hydrogens (tertiary/aromatic N) is 3.